The van der Waals surface area contributed by atoms with Crippen LogP contribution >= 0.6 is 0 Å². The zero-order valence-corrected chi connectivity index (χ0v) is 33.5. The van der Waals surface area contributed by atoms with Crippen molar-refractivity contribution in [3.05, 3.63) is 24.3 Å². The van der Waals surface area contributed by atoms with E-state index in [1.807, 2.05) is 0 Å². The van der Waals surface area contributed by atoms with Crippen molar-refractivity contribution in [2.45, 2.75) is 250 Å². The molecule has 0 heterocycles. The van der Waals surface area contributed by atoms with Gasteiger partial charge in [-0.2, -0.15) is 0 Å². The van der Waals surface area contributed by atoms with Gasteiger partial charge < -0.3 is 20.6 Å². The maximum absolute atomic E-state index is 12.4. The van der Waals surface area contributed by atoms with Gasteiger partial charge in [0.25, 0.3) is 0 Å². The van der Waals surface area contributed by atoms with E-state index in [2.05, 4.69) is 43.5 Å². The summed E-state index contributed by atoms with van der Waals surface area (Å²) in [5.41, 5.74) is 0. The molecule has 0 fully saturated rings. The third-order valence-corrected chi connectivity index (χ3v) is 10.3. The number of carbonyl (C=O) groups is 1. The third-order valence-electron chi connectivity index (χ3n) is 10.3. The van der Waals surface area contributed by atoms with Gasteiger partial charge in [-0.1, -0.05) is 205 Å². The molecule has 4 N–H and O–H groups in total. The molecule has 50 heavy (non-hydrogen) atoms. The van der Waals surface area contributed by atoms with Gasteiger partial charge in [-0.25, -0.2) is 0 Å². The van der Waals surface area contributed by atoms with Gasteiger partial charge in [-0.05, 0) is 44.9 Å². The lowest BCUT2D eigenvalue weighted by Gasteiger charge is -2.26. The first-order valence-electron chi connectivity index (χ1n) is 22.1. The number of aliphatic hydroxyl groups is 3. The van der Waals surface area contributed by atoms with E-state index in [-0.39, 0.29) is 12.5 Å². The third kappa shape index (κ3) is 35.2. The Hall–Kier alpha value is -1.17. The lowest BCUT2D eigenvalue weighted by atomic mass is 9.99. The molecular formula is C45H87NO4. The second kappa shape index (κ2) is 40.6. The molecule has 0 spiro atoms. The molecule has 0 aromatic rings. The molecule has 0 aliphatic carbocycles. The average Bonchev–Trinajstić information content (AvgIpc) is 3.12. The minimum absolute atomic E-state index is 0.148. The number of aliphatic hydroxyl groups excluding tert-OH is 3. The van der Waals surface area contributed by atoms with E-state index in [0.29, 0.717) is 12.8 Å². The molecule has 5 nitrogen and oxygen atoms in total. The fourth-order valence-corrected chi connectivity index (χ4v) is 6.84. The van der Waals surface area contributed by atoms with Gasteiger partial charge in [0, 0.05) is 6.42 Å². The van der Waals surface area contributed by atoms with Crippen molar-refractivity contribution in [1.29, 1.82) is 0 Å². The zero-order valence-electron chi connectivity index (χ0n) is 33.5. The molecule has 0 aromatic heterocycles. The Morgan fingerprint density at radius 3 is 1.26 bits per heavy atom. The van der Waals surface area contributed by atoms with Gasteiger partial charge in [0.05, 0.1) is 18.8 Å². The molecule has 0 aromatic carbocycles. The van der Waals surface area contributed by atoms with Crippen molar-refractivity contribution in [2.24, 2.45) is 0 Å². The van der Waals surface area contributed by atoms with Crippen LogP contribution in [0.25, 0.3) is 0 Å². The molecule has 0 saturated heterocycles. The van der Waals surface area contributed by atoms with Gasteiger partial charge >= 0.3 is 0 Å². The summed E-state index contributed by atoms with van der Waals surface area (Å²) in [4.78, 5) is 12.4. The maximum Gasteiger partial charge on any atom is 0.220 e. The van der Waals surface area contributed by atoms with Crippen LogP contribution in [0.5, 0.6) is 0 Å². The highest BCUT2D eigenvalue weighted by atomic mass is 16.3. The van der Waals surface area contributed by atoms with E-state index in [1.165, 1.54) is 161 Å². The van der Waals surface area contributed by atoms with E-state index < -0.39 is 18.2 Å². The largest absolute Gasteiger partial charge is 0.394 e. The second-order valence-corrected chi connectivity index (χ2v) is 15.3. The molecule has 0 bridgehead atoms. The monoisotopic (exact) mass is 706 g/mol. The normalized spacial score (nSPS) is 13.8. The molecule has 296 valence electrons. The van der Waals surface area contributed by atoms with Crippen molar-refractivity contribution in [3.63, 3.8) is 0 Å². The Kier molecular flexibility index (Phi) is 39.6. The highest BCUT2D eigenvalue weighted by Gasteiger charge is 2.26. The minimum Gasteiger partial charge on any atom is -0.394 e. The van der Waals surface area contributed by atoms with Crippen molar-refractivity contribution in [3.8, 4) is 0 Å². The van der Waals surface area contributed by atoms with E-state index in [0.717, 1.165) is 44.9 Å². The summed E-state index contributed by atoms with van der Waals surface area (Å²) in [5, 5.41) is 33.3. The molecule has 0 radical (unpaired) electrons. The Labute approximate surface area is 312 Å². The smallest absolute Gasteiger partial charge is 0.220 e. The topological polar surface area (TPSA) is 89.8 Å². The molecule has 3 unspecified atom stereocenters. The average molecular weight is 706 g/mol. The fraction of sp³-hybridized carbons (Fsp3) is 0.889. The molecule has 0 aliphatic rings. The predicted molar refractivity (Wildman–Crippen MR) is 218 cm³/mol. The Balaban J connectivity index is 3.55. The summed E-state index contributed by atoms with van der Waals surface area (Å²) >= 11 is 0. The molecule has 0 saturated carbocycles. The first-order chi connectivity index (χ1) is 24.6. The number of carbonyl (C=O) groups excluding carboxylic acids is 1. The summed E-state index contributed by atoms with van der Waals surface area (Å²) in [6, 6.07) is -0.807. The van der Waals surface area contributed by atoms with Crippen molar-refractivity contribution < 1.29 is 20.1 Å². The number of rotatable bonds is 40. The lowest BCUT2D eigenvalue weighted by Crippen LogP contribution is -2.50. The van der Waals surface area contributed by atoms with Gasteiger partial charge in [-0.3, -0.25) is 4.79 Å². The van der Waals surface area contributed by atoms with Gasteiger partial charge in [0.2, 0.25) is 5.91 Å². The molecule has 3 atom stereocenters. The van der Waals surface area contributed by atoms with Crippen molar-refractivity contribution in [2.75, 3.05) is 6.61 Å². The highest BCUT2D eigenvalue weighted by molar-refractivity contribution is 5.76. The van der Waals surface area contributed by atoms with Crippen LogP contribution in [0.1, 0.15) is 232 Å². The Morgan fingerprint density at radius 2 is 0.860 bits per heavy atom. The number of amides is 1. The summed E-state index contributed by atoms with van der Waals surface area (Å²) < 4.78 is 0. The summed E-state index contributed by atoms with van der Waals surface area (Å²) in [6.45, 7) is 4.15. The Bertz CT molecular complexity index is 739. The SMILES string of the molecule is CCCCCCCCCCC/C=C\C/C=C\CCCCCCCCCCCCCC(=O)NC(CO)C(O)C(O)CCCCCCCCCCC. The van der Waals surface area contributed by atoms with Crippen LogP contribution in [0.4, 0.5) is 0 Å². The second-order valence-electron chi connectivity index (χ2n) is 15.3. The Morgan fingerprint density at radius 1 is 0.500 bits per heavy atom. The van der Waals surface area contributed by atoms with E-state index >= 15 is 0 Å². The van der Waals surface area contributed by atoms with Crippen LogP contribution in [0.2, 0.25) is 0 Å². The van der Waals surface area contributed by atoms with Crippen LogP contribution in [0, 0.1) is 0 Å². The van der Waals surface area contributed by atoms with Crippen LogP contribution in [0.3, 0.4) is 0 Å². The first-order valence-corrected chi connectivity index (χ1v) is 22.1. The van der Waals surface area contributed by atoms with Crippen LogP contribution in [-0.2, 0) is 4.79 Å². The molecule has 0 aliphatic heterocycles. The molecular weight excluding hydrogens is 618 g/mol. The zero-order chi connectivity index (χ0) is 36.6. The summed E-state index contributed by atoms with van der Waals surface area (Å²) in [5.74, 6) is -0.148. The number of hydrogen-bond acceptors (Lipinski definition) is 4. The molecule has 1 amide bonds. The lowest BCUT2D eigenvalue weighted by molar-refractivity contribution is -0.124. The van der Waals surface area contributed by atoms with Gasteiger partial charge in [-0.15, -0.1) is 0 Å². The van der Waals surface area contributed by atoms with Gasteiger partial charge in [0.1, 0.15) is 6.10 Å². The number of allylic oxidation sites excluding steroid dienone is 4. The van der Waals surface area contributed by atoms with Crippen molar-refractivity contribution >= 4 is 5.91 Å². The molecule has 0 rings (SSSR count). The summed E-state index contributed by atoms with van der Waals surface area (Å²) in [7, 11) is 0. The fourth-order valence-electron chi connectivity index (χ4n) is 6.84. The van der Waals surface area contributed by atoms with Crippen LogP contribution in [0.15, 0.2) is 24.3 Å². The highest BCUT2D eigenvalue weighted by Crippen LogP contribution is 2.16. The predicted octanol–water partition coefficient (Wildman–Crippen LogP) is 12.6. The first kappa shape index (κ1) is 48.8. The van der Waals surface area contributed by atoms with E-state index in [9.17, 15) is 20.1 Å². The van der Waals surface area contributed by atoms with Gasteiger partial charge in [0.15, 0.2) is 0 Å². The van der Waals surface area contributed by atoms with Crippen molar-refractivity contribution in [1.82, 2.24) is 5.32 Å². The minimum atomic E-state index is -1.13. The van der Waals surface area contributed by atoms with Crippen LogP contribution < -0.4 is 5.32 Å². The maximum atomic E-state index is 12.4. The number of hydrogen-bond donors (Lipinski definition) is 4. The van der Waals surface area contributed by atoms with Crippen LogP contribution in [-0.4, -0.2) is 46.1 Å². The quantitative estimate of drug-likeness (QED) is 0.0377. The standard InChI is InChI=1S/C45H87NO4/c1-3-5-7-9-11-13-14-15-16-17-18-19-20-21-22-23-24-25-26-27-28-29-30-32-34-36-38-40-44(49)46-42(41-47)45(50)43(48)39-37-35-33-31-12-10-8-6-4-2/h18-19,21-22,42-43,45,47-48,50H,3-17,20,23-41H2,1-2H3,(H,46,49)/b19-18-,22-21-. The van der Waals surface area contributed by atoms with E-state index in [4.69, 9.17) is 0 Å². The summed E-state index contributed by atoms with van der Waals surface area (Å²) in [6.07, 6.45) is 48.7. The number of nitrogens with one attached hydrogen (secondary N) is 1. The number of unbranched alkanes of at least 4 members (excludes halogenated alkanes) is 28. The molecule has 5 heteroatoms. The van der Waals surface area contributed by atoms with E-state index in [1.54, 1.807) is 0 Å².